The van der Waals surface area contributed by atoms with Crippen LogP contribution in [0.25, 0.3) is 22.8 Å². The first kappa shape index (κ1) is 26.8. The molecule has 0 radical (unpaired) electrons. The Morgan fingerprint density at radius 3 is 2.62 bits per heavy atom. The number of para-hydroxylation sites is 1. The standard InChI is InChI=1S/C30H31N7O3/c1-38-16-14-31-12-6-15-39-25-10-5-7-23(18-25)35-30-33-13-11-27(37-30)28-21-34-29(36-28)22-17-26(20-32-19-22)40-24-8-3-2-4-9-24/h2-5,7-11,13,17-21,31H,6,12,14-16H2,1H3,(H,34,36)(H,33,35,37). The van der Waals surface area contributed by atoms with Gasteiger partial charge in [0.05, 0.1) is 37.0 Å². The number of anilines is 2. The number of nitrogens with zero attached hydrogens (tertiary/aromatic N) is 4. The Bertz CT molecular complexity index is 1490. The number of aromatic nitrogens is 5. The number of ether oxygens (including phenoxy) is 3. The second-order valence-corrected chi connectivity index (χ2v) is 8.83. The molecule has 0 fully saturated rings. The first-order valence-corrected chi connectivity index (χ1v) is 13.0. The lowest BCUT2D eigenvalue weighted by Gasteiger charge is -2.10. The summed E-state index contributed by atoms with van der Waals surface area (Å²) >= 11 is 0. The fourth-order valence-corrected chi connectivity index (χ4v) is 3.87. The number of aromatic amines is 1. The van der Waals surface area contributed by atoms with Gasteiger partial charge in [-0.15, -0.1) is 0 Å². The zero-order valence-electron chi connectivity index (χ0n) is 22.2. The molecule has 0 unspecified atom stereocenters. The number of benzene rings is 2. The first-order valence-electron chi connectivity index (χ1n) is 13.0. The molecule has 10 nitrogen and oxygen atoms in total. The van der Waals surface area contributed by atoms with Gasteiger partial charge in [0.1, 0.15) is 23.1 Å². The van der Waals surface area contributed by atoms with E-state index in [1.54, 1.807) is 31.9 Å². The molecule has 0 atom stereocenters. The van der Waals surface area contributed by atoms with Crippen molar-refractivity contribution in [3.05, 3.63) is 91.5 Å². The van der Waals surface area contributed by atoms with E-state index in [1.165, 1.54) is 0 Å². The van der Waals surface area contributed by atoms with Crippen molar-refractivity contribution >= 4 is 11.6 Å². The molecule has 0 aliphatic heterocycles. The van der Waals surface area contributed by atoms with E-state index < -0.39 is 0 Å². The summed E-state index contributed by atoms with van der Waals surface area (Å²) in [4.78, 5) is 21.2. The van der Waals surface area contributed by atoms with Crippen LogP contribution in [0.5, 0.6) is 17.2 Å². The maximum Gasteiger partial charge on any atom is 0.227 e. The summed E-state index contributed by atoms with van der Waals surface area (Å²) < 4.78 is 16.8. The number of imidazole rings is 1. The van der Waals surface area contributed by atoms with E-state index in [9.17, 15) is 0 Å². The smallest absolute Gasteiger partial charge is 0.227 e. The van der Waals surface area contributed by atoms with Crippen LogP contribution < -0.4 is 20.1 Å². The second kappa shape index (κ2) is 13.8. The summed E-state index contributed by atoms with van der Waals surface area (Å²) in [7, 11) is 1.70. The molecule has 3 heterocycles. The molecule has 3 N–H and O–H groups in total. The topological polar surface area (TPSA) is 119 Å². The van der Waals surface area contributed by atoms with Crippen LogP contribution in [0, 0.1) is 0 Å². The van der Waals surface area contributed by atoms with Crippen LogP contribution in [0.1, 0.15) is 6.42 Å². The number of nitrogens with one attached hydrogen (secondary N) is 3. The van der Waals surface area contributed by atoms with Gasteiger partial charge in [0.25, 0.3) is 0 Å². The molecule has 0 bridgehead atoms. The quantitative estimate of drug-likeness (QED) is 0.158. The van der Waals surface area contributed by atoms with Gasteiger partial charge in [-0.1, -0.05) is 24.3 Å². The minimum atomic E-state index is 0.466. The van der Waals surface area contributed by atoms with Crippen molar-refractivity contribution in [2.24, 2.45) is 0 Å². The largest absolute Gasteiger partial charge is 0.493 e. The number of hydrogen-bond donors (Lipinski definition) is 3. The third-order valence-corrected chi connectivity index (χ3v) is 5.81. The van der Waals surface area contributed by atoms with Gasteiger partial charge in [0.2, 0.25) is 5.95 Å². The van der Waals surface area contributed by atoms with Crippen molar-refractivity contribution in [1.82, 2.24) is 30.2 Å². The molecule has 0 amide bonds. The highest BCUT2D eigenvalue weighted by Gasteiger charge is 2.10. The van der Waals surface area contributed by atoms with Crippen molar-refractivity contribution in [3.63, 3.8) is 0 Å². The van der Waals surface area contributed by atoms with Gasteiger partial charge in [0.15, 0.2) is 0 Å². The number of methoxy groups -OCH3 is 1. The van der Waals surface area contributed by atoms with Crippen molar-refractivity contribution in [3.8, 4) is 40.0 Å². The monoisotopic (exact) mass is 537 g/mol. The Balaban J connectivity index is 1.20. The van der Waals surface area contributed by atoms with Crippen LogP contribution in [0.3, 0.4) is 0 Å². The maximum absolute atomic E-state index is 5.91. The molecule has 40 heavy (non-hydrogen) atoms. The fourth-order valence-electron chi connectivity index (χ4n) is 3.87. The van der Waals surface area contributed by atoms with Gasteiger partial charge in [-0.2, -0.15) is 0 Å². The number of pyridine rings is 1. The van der Waals surface area contributed by atoms with Gasteiger partial charge in [0, 0.05) is 43.4 Å². The lowest BCUT2D eigenvalue weighted by molar-refractivity contribution is 0.198. The average molecular weight is 538 g/mol. The van der Waals surface area contributed by atoms with E-state index >= 15 is 0 Å². The third-order valence-electron chi connectivity index (χ3n) is 5.81. The Hall–Kier alpha value is -4.80. The van der Waals surface area contributed by atoms with Crippen LogP contribution in [0.4, 0.5) is 11.6 Å². The first-order chi connectivity index (χ1) is 19.8. The molecule has 5 rings (SSSR count). The summed E-state index contributed by atoms with van der Waals surface area (Å²) in [6.07, 6.45) is 7.76. The van der Waals surface area contributed by atoms with Crippen LogP contribution in [-0.2, 0) is 4.74 Å². The molecule has 3 aromatic heterocycles. The maximum atomic E-state index is 5.91. The predicted octanol–water partition coefficient (Wildman–Crippen LogP) is 5.47. The third kappa shape index (κ3) is 7.62. The van der Waals surface area contributed by atoms with Gasteiger partial charge in [-0.25, -0.2) is 15.0 Å². The fraction of sp³-hybridized carbons (Fsp3) is 0.200. The Morgan fingerprint density at radius 1 is 0.825 bits per heavy atom. The molecule has 0 saturated carbocycles. The van der Waals surface area contributed by atoms with Crippen LogP contribution >= 0.6 is 0 Å². The van der Waals surface area contributed by atoms with Crippen LogP contribution in [0.15, 0.2) is 91.5 Å². The summed E-state index contributed by atoms with van der Waals surface area (Å²) in [5.74, 6) is 3.27. The molecule has 0 saturated heterocycles. The minimum absolute atomic E-state index is 0.466. The van der Waals surface area contributed by atoms with E-state index in [4.69, 9.17) is 14.2 Å². The lowest BCUT2D eigenvalue weighted by atomic mass is 10.2. The van der Waals surface area contributed by atoms with Crippen molar-refractivity contribution in [2.45, 2.75) is 6.42 Å². The molecule has 0 aliphatic carbocycles. The van der Waals surface area contributed by atoms with E-state index in [1.807, 2.05) is 66.7 Å². The van der Waals surface area contributed by atoms with E-state index in [2.05, 4.69) is 35.6 Å². The number of rotatable bonds is 14. The predicted molar refractivity (Wildman–Crippen MR) is 154 cm³/mol. The molecular weight excluding hydrogens is 506 g/mol. The van der Waals surface area contributed by atoms with Gasteiger partial charge < -0.3 is 29.8 Å². The Morgan fingerprint density at radius 2 is 1.73 bits per heavy atom. The zero-order chi connectivity index (χ0) is 27.4. The minimum Gasteiger partial charge on any atom is -0.493 e. The van der Waals surface area contributed by atoms with Gasteiger partial charge in [-0.05, 0) is 49.4 Å². The van der Waals surface area contributed by atoms with Gasteiger partial charge in [-0.3, -0.25) is 4.98 Å². The number of hydrogen-bond acceptors (Lipinski definition) is 9. The van der Waals surface area contributed by atoms with Gasteiger partial charge >= 0.3 is 0 Å². The lowest BCUT2D eigenvalue weighted by Crippen LogP contribution is -2.21. The zero-order valence-corrected chi connectivity index (χ0v) is 22.2. The highest BCUT2D eigenvalue weighted by atomic mass is 16.5. The highest BCUT2D eigenvalue weighted by molar-refractivity contribution is 5.64. The van der Waals surface area contributed by atoms with Crippen molar-refractivity contribution < 1.29 is 14.2 Å². The molecular formula is C30H31N7O3. The highest BCUT2D eigenvalue weighted by Crippen LogP contribution is 2.27. The van der Waals surface area contributed by atoms with Crippen molar-refractivity contribution in [1.29, 1.82) is 0 Å². The molecule has 10 heteroatoms. The summed E-state index contributed by atoms with van der Waals surface area (Å²) in [5.41, 5.74) is 3.09. The average Bonchev–Trinajstić information content (AvgIpc) is 3.49. The normalized spacial score (nSPS) is 10.8. The van der Waals surface area contributed by atoms with E-state index in [0.29, 0.717) is 36.4 Å². The summed E-state index contributed by atoms with van der Waals surface area (Å²) in [5, 5.41) is 6.57. The van der Waals surface area contributed by atoms with Crippen molar-refractivity contribution in [2.75, 3.05) is 38.7 Å². The molecule has 204 valence electrons. The van der Waals surface area contributed by atoms with Crippen LogP contribution in [-0.4, -0.2) is 58.3 Å². The van der Waals surface area contributed by atoms with E-state index in [-0.39, 0.29) is 0 Å². The molecule has 0 spiro atoms. The molecule has 5 aromatic rings. The van der Waals surface area contributed by atoms with Crippen LogP contribution in [0.2, 0.25) is 0 Å². The summed E-state index contributed by atoms with van der Waals surface area (Å²) in [6, 6.07) is 21.0. The molecule has 2 aromatic carbocycles. The SMILES string of the molecule is COCCNCCCOc1cccc(Nc2nccc(-c3cnc(-c4cncc(Oc5ccccc5)c4)[nH]3)n2)c1. The summed E-state index contributed by atoms with van der Waals surface area (Å²) in [6.45, 7) is 3.04. The number of H-pyrrole nitrogens is 1. The van der Waals surface area contributed by atoms with E-state index in [0.717, 1.165) is 48.0 Å². The Labute approximate surface area is 232 Å². The Kier molecular flexibility index (Phi) is 9.27. The molecule has 0 aliphatic rings. The second-order valence-electron chi connectivity index (χ2n) is 8.83.